The molecule has 1 aliphatic carbocycles. The molecule has 0 unspecified atom stereocenters. The molecule has 1 saturated carbocycles. The molecule has 2 N–H and O–H groups in total. The van der Waals surface area contributed by atoms with Gasteiger partial charge in [0.15, 0.2) is 0 Å². The summed E-state index contributed by atoms with van der Waals surface area (Å²) in [6.07, 6.45) is -0.932. The van der Waals surface area contributed by atoms with Crippen molar-refractivity contribution in [2.75, 3.05) is 5.32 Å². The molecule has 2 aromatic rings. The Labute approximate surface area is 171 Å². The first-order valence-corrected chi connectivity index (χ1v) is 9.46. The molecule has 0 spiro atoms. The number of halogens is 3. The molecule has 0 saturated heterocycles. The third-order valence-corrected chi connectivity index (χ3v) is 4.67. The number of amides is 2. The van der Waals surface area contributed by atoms with Crippen LogP contribution in [0.3, 0.4) is 0 Å². The van der Waals surface area contributed by atoms with Crippen molar-refractivity contribution in [3.8, 4) is 11.5 Å². The Morgan fingerprint density at radius 2 is 1.53 bits per heavy atom. The molecule has 0 heterocycles. The molecule has 0 bridgehead atoms. The minimum Gasteiger partial charge on any atom is -0.490 e. The number of hydrogen-bond acceptors (Lipinski definition) is 4. The lowest BCUT2D eigenvalue weighted by molar-refractivity contribution is -0.274. The van der Waals surface area contributed by atoms with Gasteiger partial charge >= 0.3 is 12.4 Å². The number of aldehydes is 1. The van der Waals surface area contributed by atoms with E-state index in [0.717, 1.165) is 44.1 Å². The summed E-state index contributed by atoms with van der Waals surface area (Å²) in [6.45, 7) is 0. The number of anilines is 1. The molecule has 30 heavy (non-hydrogen) atoms. The summed E-state index contributed by atoms with van der Waals surface area (Å²) in [5, 5.41) is 5.46. The average molecular weight is 422 g/mol. The smallest absolute Gasteiger partial charge is 0.490 e. The van der Waals surface area contributed by atoms with Crippen LogP contribution in [0.1, 0.15) is 36.0 Å². The molecule has 6 nitrogen and oxygen atoms in total. The molecule has 0 aliphatic heterocycles. The van der Waals surface area contributed by atoms with E-state index in [4.69, 9.17) is 4.74 Å². The number of urea groups is 1. The summed E-state index contributed by atoms with van der Waals surface area (Å²) in [7, 11) is 0. The highest BCUT2D eigenvalue weighted by molar-refractivity contribution is 5.89. The van der Waals surface area contributed by atoms with E-state index in [2.05, 4.69) is 15.4 Å². The standard InChI is InChI=1S/C21H21F3N2O4/c22-21(23,24)30-19-11-5-16(6-12-19)26-20(28)25-15-3-9-18(10-4-15)29-17-7-1-14(13-27)2-8-17/h1-2,5-8,11-13,15,18H,3-4,9-10H2,(H2,25,26,28). The summed E-state index contributed by atoms with van der Waals surface area (Å²) in [5.41, 5.74) is 0.946. The van der Waals surface area contributed by atoms with E-state index in [1.165, 1.54) is 12.1 Å². The number of ether oxygens (including phenoxy) is 2. The highest BCUT2D eigenvalue weighted by Gasteiger charge is 2.31. The summed E-state index contributed by atoms with van der Waals surface area (Å²) in [4.78, 5) is 22.8. The first kappa shape index (κ1) is 21.5. The Morgan fingerprint density at radius 1 is 0.933 bits per heavy atom. The molecular weight excluding hydrogens is 401 g/mol. The van der Waals surface area contributed by atoms with Crippen LogP contribution in [0.2, 0.25) is 0 Å². The third kappa shape index (κ3) is 6.68. The van der Waals surface area contributed by atoms with E-state index in [9.17, 15) is 22.8 Å². The van der Waals surface area contributed by atoms with Gasteiger partial charge in [-0.15, -0.1) is 13.2 Å². The largest absolute Gasteiger partial charge is 0.573 e. The van der Waals surface area contributed by atoms with Crippen molar-refractivity contribution in [2.45, 2.75) is 44.2 Å². The van der Waals surface area contributed by atoms with Gasteiger partial charge < -0.3 is 20.1 Å². The number of rotatable bonds is 6. The fourth-order valence-electron chi connectivity index (χ4n) is 3.23. The molecule has 0 radical (unpaired) electrons. The van der Waals surface area contributed by atoms with Crippen molar-refractivity contribution < 1.29 is 32.2 Å². The van der Waals surface area contributed by atoms with Crippen LogP contribution in [-0.4, -0.2) is 30.8 Å². The number of carbonyl (C=O) groups excluding carboxylic acids is 2. The average Bonchev–Trinajstić information content (AvgIpc) is 2.70. The SMILES string of the molecule is O=Cc1ccc(OC2CCC(NC(=O)Nc3ccc(OC(F)(F)F)cc3)CC2)cc1. The van der Waals surface area contributed by atoms with Crippen LogP contribution in [0, 0.1) is 0 Å². The zero-order valence-corrected chi connectivity index (χ0v) is 15.9. The Bertz CT molecular complexity index is 846. The molecule has 2 aromatic carbocycles. The van der Waals surface area contributed by atoms with E-state index in [1.807, 2.05) is 0 Å². The van der Waals surface area contributed by atoms with Crippen LogP contribution in [0.15, 0.2) is 48.5 Å². The quantitative estimate of drug-likeness (QED) is 0.649. The van der Waals surface area contributed by atoms with E-state index < -0.39 is 12.4 Å². The van der Waals surface area contributed by atoms with Crippen LogP contribution in [0.5, 0.6) is 11.5 Å². The van der Waals surface area contributed by atoms with E-state index >= 15 is 0 Å². The molecule has 1 aliphatic rings. The normalized spacial score (nSPS) is 18.9. The first-order valence-electron chi connectivity index (χ1n) is 9.46. The monoisotopic (exact) mass is 422 g/mol. The highest BCUT2D eigenvalue weighted by Crippen LogP contribution is 2.25. The summed E-state index contributed by atoms with van der Waals surface area (Å²) in [6, 6.07) is 11.4. The maximum atomic E-state index is 12.2. The molecule has 3 rings (SSSR count). The van der Waals surface area contributed by atoms with Crippen molar-refractivity contribution in [3.05, 3.63) is 54.1 Å². The molecular formula is C21H21F3N2O4. The number of carbonyl (C=O) groups is 2. The number of alkyl halides is 3. The minimum atomic E-state index is -4.76. The van der Waals surface area contributed by atoms with Gasteiger partial charge in [0.05, 0.1) is 6.10 Å². The first-order chi connectivity index (χ1) is 14.3. The van der Waals surface area contributed by atoms with Gasteiger partial charge in [0.1, 0.15) is 17.8 Å². The lowest BCUT2D eigenvalue weighted by atomic mass is 9.93. The van der Waals surface area contributed by atoms with Crippen LogP contribution in [0.4, 0.5) is 23.7 Å². The van der Waals surface area contributed by atoms with Crippen LogP contribution in [-0.2, 0) is 0 Å². The van der Waals surface area contributed by atoms with Gasteiger partial charge in [0.2, 0.25) is 0 Å². The minimum absolute atomic E-state index is 0.0184. The van der Waals surface area contributed by atoms with Crippen LogP contribution < -0.4 is 20.1 Å². The second-order valence-corrected chi connectivity index (χ2v) is 6.95. The number of hydrogen-bond donors (Lipinski definition) is 2. The lowest BCUT2D eigenvalue weighted by Crippen LogP contribution is -2.41. The van der Waals surface area contributed by atoms with Crippen molar-refractivity contribution in [1.29, 1.82) is 0 Å². The van der Waals surface area contributed by atoms with Gasteiger partial charge in [0.25, 0.3) is 0 Å². The molecule has 0 atom stereocenters. The third-order valence-electron chi connectivity index (χ3n) is 4.67. The maximum Gasteiger partial charge on any atom is 0.573 e. The fourth-order valence-corrected chi connectivity index (χ4v) is 3.23. The van der Waals surface area contributed by atoms with Crippen molar-refractivity contribution in [2.24, 2.45) is 0 Å². The Kier molecular flexibility index (Phi) is 6.81. The van der Waals surface area contributed by atoms with Crippen LogP contribution >= 0.6 is 0 Å². The van der Waals surface area contributed by atoms with E-state index in [0.29, 0.717) is 17.0 Å². The van der Waals surface area contributed by atoms with Gasteiger partial charge in [-0.05, 0) is 74.2 Å². The predicted octanol–water partition coefficient (Wildman–Crippen LogP) is 4.91. The van der Waals surface area contributed by atoms with E-state index in [1.54, 1.807) is 24.3 Å². The summed E-state index contributed by atoms with van der Waals surface area (Å²) < 4.78 is 46.2. The second kappa shape index (κ2) is 9.51. The summed E-state index contributed by atoms with van der Waals surface area (Å²) in [5.74, 6) is 0.347. The van der Waals surface area contributed by atoms with Crippen molar-refractivity contribution in [3.63, 3.8) is 0 Å². The molecule has 9 heteroatoms. The Hall–Kier alpha value is -3.23. The lowest BCUT2D eigenvalue weighted by Gasteiger charge is -2.29. The fraction of sp³-hybridized carbons (Fsp3) is 0.333. The molecule has 1 fully saturated rings. The van der Waals surface area contributed by atoms with E-state index in [-0.39, 0.29) is 17.9 Å². The van der Waals surface area contributed by atoms with Gasteiger partial charge in [0, 0.05) is 17.3 Å². The molecule has 2 amide bonds. The molecule has 0 aromatic heterocycles. The van der Waals surface area contributed by atoms with Gasteiger partial charge in [-0.3, -0.25) is 4.79 Å². The zero-order valence-electron chi connectivity index (χ0n) is 15.9. The number of benzene rings is 2. The predicted molar refractivity (Wildman–Crippen MR) is 104 cm³/mol. The maximum absolute atomic E-state index is 12.2. The van der Waals surface area contributed by atoms with Crippen LogP contribution in [0.25, 0.3) is 0 Å². The van der Waals surface area contributed by atoms with Crippen molar-refractivity contribution in [1.82, 2.24) is 5.32 Å². The van der Waals surface area contributed by atoms with Crippen molar-refractivity contribution >= 4 is 18.0 Å². The van der Waals surface area contributed by atoms with Gasteiger partial charge in [-0.25, -0.2) is 4.79 Å². The van der Waals surface area contributed by atoms with Gasteiger partial charge in [-0.1, -0.05) is 0 Å². The topological polar surface area (TPSA) is 76.7 Å². The number of nitrogens with one attached hydrogen (secondary N) is 2. The second-order valence-electron chi connectivity index (χ2n) is 6.95. The summed E-state index contributed by atoms with van der Waals surface area (Å²) >= 11 is 0. The Balaban J connectivity index is 1.41. The Morgan fingerprint density at radius 3 is 2.10 bits per heavy atom. The van der Waals surface area contributed by atoms with Gasteiger partial charge in [-0.2, -0.15) is 0 Å². The zero-order chi connectivity index (χ0) is 21.6. The molecule has 160 valence electrons. The highest BCUT2D eigenvalue weighted by atomic mass is 19.4.